The Balaban J connectivity index is 2.46. The Morgan fingerprint density at radius 3 is 2.53 bits per heavy atom. The van der Waals surface area contributed by atoms with Crippen LogP contribution in [0.3, 0.4) is 0 Å². The van der Waals surface area contributed by atoms with Crippen molar-refractivity contribution in [1.82, 2.24) is 19.9 Å². The maximum Gasteiger partial charge on any atom is 0.225 e. The molecular weight excluding hydrogens is 216 g/mol. The Hall–Kier alpha value is -1.76. The third kappa shape index (κ3) is 2.01. The number of H-pyrrole nitrogens is 1. The summed E-state index contributed by atoms with van der Waals surface area (Å²) in [6.45, 7) is 0. The normalized spacial score (nSPS) is 11.5. The van der Waals surface area contributed by atoms with Crippen LogP contribution in [0.2, 0.25) is 0 Å². The second-order valence-corrected chi connectivity index (χ2v) is 4.86. The van der Waals surface area contributed by atoms with Crippen LogP contribution in [0.15, 0.2) is 23.9 Å². The van der Waals surface area contributed by atoms with E-state index in [1.54, 1.807) is 12.4 Å². The van der Waals surface area contributed by atoms with Gasteiger partial charge in [-0.2, -0.15) is 0 Å². The van der Waals surface area contributed by atoms with E-state index in [1.165, 1.54) is 6.33 Å². The first-order valence-corrected chi connectivity index (χ1v) is 5.89. The summed E-state index contributed by atoms with van der Waals surface area (Å²) >= 11 is 0. The van der Waals surface area contributed by atoms with Gasteiger partial charge >= 0.3 is 0 Å². The lowest BCUT2D eigenvalue weighted by Gasteiger charge is -1.93. The first kappa shape index (κ1) is 9.78. The molecule has 77 valence electrons. The van der Waals surface area contributed by atoms with Crippen LogP contribution in [-0.2, 0) is 9.84 Å². The van der Waals surface area contributed by atoms with Crippen LogP contribution in [-0.4, -0.2) is 34.6 Å². The second-order valence-electron chi connectivity index (χ2n) is 2.93. The van der Waals surface area contributed by atoms with Gasteiger partial charge in [-0.05, 0) is 0 Å². The Morgan fingerprint density at radius 2 is 2.00 bits per heavy atom. The van der Waals surface area contributed by atoms with Gasteiger partial charge in [0.15, 0.2) is 0 Å². The van der Waals surface area contributed by atoms with Gasteiger partial charge in [0, 0.05) is 24.2 Å². The maximum atomic E-state index is 11.1. The van der Waals surface area contributed by atoms with Gasteiger partial charge in [0.1, 0.15) is 12.5 Å². The molecule has 2 rings (SSSR count). The fourth-order valence-electron chi connectivity index (χ4n) is 1.01. The number of rotatable bonds is 2. The molecule has 0 spiro atoms. The topological polar surface area (TPSA) is 88.6 Å². The number of imidazole rings is 1. The average Bonchev–Trinajstić information content (AvgIpc) is 2.67. The standard InChI is InChI=1S/C8H7N4O2S/c1-15(13,14)8-11-4-7(12-8)6-2-9-5-10-3-6/h2-3,5H,1H3,(H,11,12). The first-order valence-electron chi connectivity index (χ1n) is 4.00. The van der Waals surface area contributed by atoms with E-state index in [4.69, 9.17) is 0 Å². The van der Waals surface area contributed by atoms with Crippen molar-refractivity contribution in [3.05, 3.63) is 24.9 Å². The Kier molecular flexibility index (Phi) is 2.24. The smallest absolute Gasteiger partial charge is 0.225 e. The van der Waals surface area contributed by atoms with Gasteiger partial charge in [-0.25, -0.2) is 23.4 Å². The summed E-state index contributed by atoms with van der Waals surface area (Å²) in [4.78, 5) is 13.9. The van der Waals surface area contributed by atoms with E-state index in [9.17, 15) is 8.42 Å². The van der Waals surface area contributed by atoms with Crippen molar-refractivity contribution in [1.29, 1.82) is 0 Å². The number of nitrogens with one attached hydrogen (secondary N) is 1. The highest BCUT2D eigenvalue weighted by molar-refractivity contribution is 7.90. The Labute approximate surface area is 86.3 Å². The maximum absolute atomic E-state index is 11.1. The van der Waals surface area contributed by atoms with Crippen molar-refractivity contribution < 1.29 is 8.42 Å². The molecule has 0 fully saturated rings. The van der Waals surface area contributed by atoms with Gasteiger partial charge in [0.25, 0.3) is 0 Å². The average molecular weight is 223 g/mol. The van der Waals surface area contributed by atoms with E-state index < -0.39 is 9.84 Å². The quantitative estimate of drug-likeness (QED) is 0.778. The first-order chi connectivity index (χ1) is 7.07. The molecule has 0 aliphatic rings. The van der Waals surface area contributed by atoms with Crippen LogP contribution in [0.5, 0.6) is 0 Å². The number of sulfone groups is 1. The molecule has 7 heteroatoms. The molecule has 1 radical (unpaired) electrons. The van der Waals surface area contributed by atoms with Crippen molar-refractivity contribution in [3.8, 4) is 11.3 Å². The van der Waals surface area contributed by atoms with Crippen LogP contribution >= 0.6 is 0 Å². The van der Waals surface area contributed by atoms with E-state index in [1.807, 2.05) is 0 Å². The molecule has 0 aliphatic heterocycles. The summed E-state index contributed by atoms with van der Waals surface area (Å²) < 4.78 is 22.3. The minimum atomic E-state index is -3.33. The third-order valence-corrected chi connectivity index (χ3v) is 2.60. The summed E-state index contributed by atoms with van der Waals surface area (Å²) in [5.41, 5.74) is 1.09. The highest BCUT2D eigenvalue weighted by Gasteiger charge is 2.12. The van der Waals surface area contributed by atoms with E-state index in [2.05, 4.69) is 26.1 Å². The fraction of sp³-hybridized carbons (Fsp3) is 0.125. The monoisotopic (exact) mass is 223 g/mol. The van der Waals surface area contributed by atoms with Crippen LogP contribution < -0.4 is 0 Å². The minimum Gasteiger partial charge on any atom is -0.328 e. The largest absolute Gasteiger partial charge is 0.328 e. The molecule has 0 unspecified atom stereocenters. The molecule has 0 saturated carbocycles. The number of nitrogens with zero attached hydrogens (tertiary/aromatic N) is 3. The van der Waals surface area contributed by atoms with Gasteiger partial charge in [0.2, 0.25) is 15.0 Å². The zero-order chi connectivity index (χ0) is 10.9. The molecule has 0 atom stereocenters. The zero-order valence-corrected chi connectivity index (χ0v) is 8.61. The zero-order valence-electron chi connectivity index (χ0n) is 7.80. The van der Waals surface area contributed by atoms with Gasteiger partial charge < -0.3 is 4.98 Å². The molecule has 2 aromatic rings. The van der Waals surface area contributed by atoms with Crippen LogP contribution in [0.25, 0.3) is 11.3 Å². The highest BCUT2D eigenvalue weighted by Crippen LogP contribution is 2.15. The van der Waals surface area contributed by atoms with Crippen LogP contribution in [0.4, 0.5) is 0 Å². The number of aromatic amines is 1. The predicted molar refractivity (Wildman–Crippen MR) is 51.6 cm³/mol. The minimum absolute atomic E-state index is 0.110. The number of aromatic nitrogens is 4. The molecule has 0 aliphatic carbocycles. The highest BCUT2D eigenvalue weighted by atomic mass is 32.2. The number of hydrogen-bond acceptors (Lipinski definition) is 5. The third-order valence-electron chi connectivity index (χ3n) is 1.70. The molecular formula is C8H7N4O2S. The lowest BCUT2D eigenvalue weighted by atomic mass is 10.3. The predicted octanol–water partition coefficient (Wildman–Crippen LogP) is 0.0704. The molecule has 0 bridgehead atoms. The lowest BCUT2D eigenvalue weighted by Crippen LogP contribution is -1.99. The van der Waals surface area contributed by atoms with E-state index in [0.29, 0.717) is 11.3 Å². The van der Waals surface area contributed by atoms with E-state index in [0.717, 1.165) is 6.26 Å². The summed E-state index contributed by atoms with van der Waals surface area (Å²) in [6.07, 6.45) is 8.11. The van der Waals surface area contributed by atoms with Crippen molar-refractivity contribution in [3.63, 3.8) is 0 Å². The molecule has 6 nitrogen and oxygen atoms in total. The van der Waals surface area contributed by atoms with E-state index in [-0.39, 0.29) is 5.16 Å². The van der Waals surface area contributed by atoms with Crippen molar-refractivity contribution in [2.75, 3.05) is 6.26 Å². The molecule has 2 aromatic heterocycles. The Bertz CT molecular complexity index is 561. The molecule has 1 N–H and O–H groups in total. The molecule has 0 amide bonds. The molecule has 0 saturated heterocycles. The van der Waals surface area contributed by atoms with Gasteiger partial charge in [-0.3, -0.25) is 0 Å². The van der Waals surface area contributed by atoms with Crippen molar-refractivity contribution >= 4 is 9.84 Å². The van der Waals surface area contributed by atoms with Gasteiger partial charge in [-0.1, -0.05) is 0 Å². The molecule has 15 heavy (non-hydrogen) atoms. The summed E-state index contributed by atoms with van der Waals surface area (Å²) in [5.74, 6) is 0. The van der Waals surface area contributed by atoms with Crippen LogP contribution in [0.1, 0.15) is 0 Å². The summed E-state index contributed by atoms with van der Waals surface area (Å²) in [7, 11) is -3.33. The second kappa shape index (κ2) is 3.43. The summed E-state index contributed by atoms with van der Waals surface area (Å²) in [5, 5.41) is -0.110. The van der Waals surface area contributed by atoms with Crippen molar-refractivity contribution in [2.24, 2.45) is 0 Å². The molecule has 2 heterocycles. The van der Waals surface area contributed by atoms with Crippen molar-refractivity contribution in [2.45, 2.75) is 5.16 Å². The lowest BCUT2D eigenvalue weighted by molar-refractivity contribution is 0.595. The van der Waals surface area contributed by atoms with Crippen LogP contribution in [0, 0.1) is 6.20 Å². The van der Waals surface area contributed by atoms with Gasteiger partial charge in [-0.15, -0.1) is 0 Å². The Morgan fingerprint density at radius 1 is 1.33 bits per heavy atom. The summed E-state index contributed by atoms with van der Waals surface area (Å²) in [6, 6.07) is 0. The van der Waals surface area contributed by atoms with Gasteiger partial charge in [0.05, 0.1) is 5.69 Å². The number of hydrogen-bond donors (Lipinski definition) is 1. The SMILES string of the molecule is CS(=O)(=O)c1n[c]c(-c2cncnc2)[nH]1. The fourth-order valence-corrected chi connectivity index (χ4v) is 1.51. The molecule has 0 aromatic carbocycles. The van der Waals surface area contributed by atoms with E-state index >= 15 is 0 Å².